The quantitative estimate of drug-likeness (QED) is 0.491. The number of amides is 2. The van der Waals surface area contributed by atoms with Crippen molar-refractivity contribution in [2.75, 3.05) is 13.0 Å². The second-order valence-electron chi connectivity index (χ2n) is 2.85. The van der Waals surface area contributed by atoms with Gasteiger partial charge in [0.25, 0.3) is 0 Å². The van der Waals surface area contributed by atoms with Gasteiger partial charge >= 0.3 is 5.97 Å². The van der Waals surface area contributed by atoms with Crippen LogP contribution in [-0.2, 0) is 19.1 Å². The van der Waals surface area contributed by atoms with Crippen LogP contribution in [0.4, 0.5) is 0 Å². The van der Waals surface area contributed by atoms with E-state index in [1.54, 1.807) is 6.26 Å². The van der Waals surface area contributed by atoms with E-state index >= 15 is 0 Å². The number of nitrogens with zero attached hydrogens (tertiary/aromatic N) is 1. The van der Waals surface area contributed by atoms with Crippen LogP contribution >= 0.6 is 11.8 Å². The fourth-order valence-corrected chi connectivity index (χ4v) is 1.77. The van der Waals surface area contributed by atoms with E-state index in [9.17, 15) is 14.4 Å². The monoisotopic (exact) mass is 217 g/mol. The first-order chi connectivity index (χ1) is 6.56. The van der Waals surface area contributed by atoms with E-state index in [2.05, 4.69) is 4.74 Å². The van der Waals surface area contributed by atoms with E-state index in [0.29, 0.717) is 0 Å². The lowest BCUT2D eigenvalue weighted by molar-refractivity contribution is -0.153. The zero-order valence-electron chi connectivity index (χ0n) is 7.98. The maximum Gasteiger partial charge on any atom is 0.304 e. The van der Waals surface area contributed by atoms with E-state index in [4.69, 9.17) is 0 Å². The predicted molar refractivity (Wildman–Crippen MR) is 50.4 cm³/mol. The van der Waals surface area contributed by atoms with Gasteiger partial charge < -0.3 is 4.74 Å². The Balaban J connectivity index is 2.56. The van der Waals surface area contributed by atoms with Gasteiger partial charge in [-0.2, -0.15) is 11.8 Å². The number of likely N-dealkylation sites (tertiary alicyclic amines) is 1. The lowest BCUT2D eigenvalue weighted by Crippen LogP contribution is -2.34. The standard InChI is InChI=1S/C8H11NO4S/c1-5(10)13-4-9-7(11)3-6(14-2)8(9)12/h6H,3-4H2,1-2H3. The summed E-state index contributed by atoms with van der Waals surface area (Å²) in [6, 6.07) is 0. The van der Waals surface area contributed by atoms with Crippen molar-refractivity contribution < 1.29 is 19.1 Å². The maximum atomic E-state index is 11.5. The van der Waals surface area contributed by atoms with Gasteiger partial charge in [0.15, 0.2) is 6.73 Å². The molecule has 0 radical (unpaired) electrons. The van der Waals surface area contributed by atoms with Gasteiger partial charge in [0.05, 0.1) is 5.25 Å². The molecule has 6 heteroatoms. The van der Waals surface area contributed by atoms with Gasteiger partial charge in [-0.25, -0.2) is 4.90 Å². The highest BCUT2D eigenvalue weighted by Gasteiger charge is 2.38. The fraction of sp³-hybridized carbons (Fsp3) is 0.625. The normalized spacial score (nSPS) is 21.6. The average molecular weight is 217 g/mol. The van der Waals surface area contributed by atoms with Crippen LogP contribution in [0, 0.1) is 0 Å². The van der Waals surface area contributed by atoms with Gasteiger partial charge in [-0.15, -0.1) is 0 Å². The number of hydrogen-bond donors (Lipinski definition) is 0. The number of carbonyl (C=O) groups is 3. The Hall–Kier alpha value is -1.04. The minimum absolute atomic E-state index is 0.196. The Morgan fingerprint density at radius 2 is 2.29 bits per heavy atom. The first kappa shape index (κ1) is 11.0. The molecule has 0 spiro atoms. The highest BCUT2D eigenvalue weighted by Crippen LogP contribution is 2.22. The lowest BCUT2D eigenvalue weighted by Gasteiger charge is -2.13. The van der Waals surface area contributed by atoms with Crippen LogP contribution in [0.1, 0.15) is 13.3 Å². The van der Waals surface area contributed by atoms with Crippen LogP contribution in [0.15, 0.2) is 0 Å². The predicted octanol–water partition coefficient (Wildman–Crippen LogP) is -0.00250. The molecule has 78 valence electrons. The lowest BCUT2D eigenvalue weighted by atomic mass is 10.4. The van der Waals surface area contributed by atoms with Gasteiger partial charge in [-0.05, 0) is 6.26 Å². The number of thioether (sulfide) groups is 1. The third-order valence-corrected chi connectivity index (χ3v) is 2.82. The highest BCUT2D eigenvalue weighted by molar-refractivity contribution is 8.00. The van der Waals surface area contributed by atoms with Crippen LogP contribution in [0.5, 0.6) is 0 Å². The maximum absolute atomic E-state index is 11.5. The fourth-order valence-electron chi connectivity index (χ4n) is 1.13. The molecule has 0 aromatic rings. The average Bonchev–Trinajstić information content (AvgIpc) is 2.39. The number of imide groups is 1. The van der Waals surface area contributed by atoms with Gasteiger partial charge in [0.2, 0.25) is 11.8 Å². The summed E-state index contributed by atoms with van der Waals surface area (Å²) in [4.78, 5) is 34.2. The Morgan fingerprint density at radius 1 is 1.64 bits per heavy atom. The van der Waals surface area contributed by atoms with E-state index < -0.39 is 5.97 Å². The van der Waals surface area contributed by atoms with Crippen molar-refractivity contribution >= 4 is 29.5 Å². The Morgan fingerprint density at radius 3 is 2.71 bits per heavy atom. The van der Waals surface area contributed by atoms with Crippen molar-refractivity contribution in [3.05, 3.63) is 0 Å². The molecule has 0 bridgehead atoms. The molecule has 1 rings (SSSR count). The Kier molecular flexibility index (Phi) is 3.51. The summed E-state index contributed by atoms with van der Waals surface area (Å²) in [5, 5.41) is -0.321. The van der Waals surface area contributed by atoms with Crippen molar-refractivity contribution in [1.29, 1.82) is 0 Å². The van der Waals surface area contributed by atoms with Crippen molar-refractivity contribution in [1.82, 2.24) is 4.90 Å². The van der Waals surface area contributed by atoms with Crippen molar-refractivity contribution in [3.8, 4) is 0 Å². The molecule has 2 amide bonds. The van der Waals surface area contributed by atoms with Crippen molar-refractivity contribution in [2.45, 2.75) is 18.6 Å². The first-order valence-corrected chi connectivity index (χ1v) is 5.35. The molecule has 1 unspecified atom stereocenters. The molecule has 5 nitrogen and oxygen atoms in total. The SMILES string of the molecule is CSC1CC(=O)N(COC(C)=O)C1=O. The molecule has 14 heavy (non-hydrogen) atoms. The second kappa shape index (κ2) is 4.45. The molecule has 0 N–H and O–H groups in total. The third-order valence-electron chi connectivity index (χ3n) is 1.88. The zero-order chi connectivity index (χ0) is 10.7. The minimum Gasteiger partial charge on any atom is -0.444 e. The first-order valence-electron chi connectivity index (χ1n) is 4.06. The molecule has 1 aliphatic heterocycles. The van der Waals surface area contributed by atoms with E-state index in [0.717, 1.165) is 4.90 Å². The molecular formula is C8H11NO4S. The molecule has 0 aromatic heterocycles. The molecule has 1 aliphatic rings. The van der Waals surface area contributed by atoms with Gasteiger partial charge in [-0.1, -0.05) is 0 Å². The molecule has 1 saturated heterocycles. The molecule has 1 heterocycles. The zero-order valence-corrected chi connectivity index (χ0v) is 8.80. The van der Waals surface area contributed by atoms with Gasteiger partial charge in [0.1, 0.15) is 0 Å². The third kappa shape index (κ3) is 2.25. The van der Waals surface area contributed by atoms with Crippen LogP contribution in [0.2, 0.25) is 0 Å². The Bertz CT molecular complexity index is 279. The molecule has 1 fully saturated rings. The number of rotatable bonds is 3. The van der Waals surface area contributed by atoms with Crippen molar-refractivity contribution in [3.63, 3.8) is 0 Å². The largest absolute Gasteiger partial charge is 0.444 e. The molecule has 1 atom stereocenters. The molecule has 0 aliphatic carbocycles. The summed E-state index contributed by atoms with van der Waals surface area (Å²) in [7, 11) is 0. The van der Waals surface area contributed by atoms with Crippen LogP contribution in [0.25, 0.3) is 0 Å². The minimum atomic E-state index is -0.502. The summed E-state index contributed by atoms with van der Waals surface area (Å²) in [5.74, 6) is -1.06. The van der Waals surface area contributed by atoms with E-state index in [1.165, 1.54) is 18.7 Å². The summed E-state index contributed by atoms with van der Waals surface area (Å²) >= 11 is 1.33. The number of ether oxygens (including phenoxy) is 1. The number of hydrogen-bond acceptors (Lipinski definition) is 5. The smallest absolute Gasteiger partial charge is 0.304 e. The summed E-state index contributed by atoms with van der Waals surface area (Å²) < 4.78 is 4.60. The number of carbonyl (C=O) groups excluding carboxylic acids is 3. The Labute approximate surface area is 85.8 Å². The van der Waals surface area contributed by atoms with E-state index in [1.807, 2.05) is 0 Å². The van der Waals surface area contributed by atoms with Gasteiger partial charge in [-0.3, -0.25) is 14.4 Å². The highest BCUT2D eigenvalue weighted by atomic mass is 32.2. The summed E-state index contributed by atoms with van der Waals surface area (Å²) in [6.07, 6.45) is 1.96. The topological polar surface area (TPSA) is 63.7 Å². The second-order valence-corrected chi connectivity index (χ2v) is 3.89. The van der Waals surface area contributed by atoms with Crippen molar-refractivity contribution in [2.24, 2.45) is 0 Å². The summed E-state index contributed by atoms with van der Waals surface area (Å²) in [6.45, 7) is 0.973. The van der Waals surface area contributed by atoms with Crippen LogP contribution < -0.4 is 0 Å². The number of esters is 1. The molecule has 0 aromatic carbocycles. The van der Waals surface area contributed by atoms with Crippen LogP contribution in [-0.4, -0.2) is 40.9 Å². The van der Waals surface area contributed by atoms with Crippen LogP contribution in [0.3, 0.4) is 0 Å². The molecular weight excluding hydrogens is 206 g/mol. The van der Waals surface area contributed by atoms with E-state index in [-0.39, 0.29) is 30.2 Å². The van der Waals surface area contributed by atoms with Gasteiger partial charge in [0, 0.05) is 13.3 Å². The summed E-state index contributed by atoms with van der Waals surface area (Å²) in [5.41, 5.74) is 0. The molecule has 0 saturated carbocycles.